The first-order valence-electron chi connectivity index (χ1n) is 5.74. The minimum atomic E-state index is -0.700. The van der Waals surface area contributed by atoms with Gasteiger partial charge in [0.1, 0.15) is 11.3 Å². The Kier molecular flexibility index (Phi) is 2.99. The van der Waals surface area contributed by atoms with Crippen LogP contribution in [0.3, 0.4) is 0 Å². The lowest BCUT2D eigenvalue weighted by Gasteiger charge is -2.27. The summed E-state index contributed by atoms with van der Waals surface area (Å²) >= 11 is 0. The summed E-state index contributed by atoms with van der Waals surface area (Å²) in [4.78, 5) is 11.7. The van der Waals surface area contributed by atoms with Gasteiger partial charge < -0.3 is 9.47 Å². The molecular weight excluding hydrogens is 228 g/mol. The van der Waals surface area contributed by atoms with Crippen LogP contribution in [0.1, 0.15) is 19.4 Å². The summed E-state index contributed by atoms with van der Waals surface area (Å²) in [6.07, 6.45) is 0. The van der Waals surface area contributed by atoms with Gasteiger partial charge in [-0.05, 0) is 19.4 Å². The highest BCUT2D eigenvalue weighted by Gasteiger charge is 2.43. The molecule has 1 aromatic carbocycles. The van der Waals surface area contributed by atoms with Gasteiger partial charge in [-0.2, -0.15) is 0 Å². The zero-order valence-corrected chi connectivity index (χ0v) is 10.8. The monoisotopic (exact) mass is 244 g/mol. The molecule has 0 bridgehead atoms. The van der Waals surface area contributed by atoms with E-state index in [1.807, 2.05) is 37.3 Å². The minimum Gasteiger partial charge on any atom is -0.482 e. The first kappa shape index (κ1) is 12.4. The summed E-state index contributed by atoms with van der Waals surface area (Å²) < 4.78 is 10.6. The van der Waals surface area contributed by atoms with Crippen LogP contribution in [0.25, 0.3) is 0 Å². The summed E-state index contributed by atoms with van der Waals surface area (Å²) in [7, 11) is 1.36. The third-order valence-corrected chi connectivity index (χ3v) is 3.30. The van der Waals surface area contributed by atoms with Crippen molar-refractivity contribution in [2.45, 2.75) is 19.4 Å². The van der Waals surface area contributed by atoms with E-state index in [1.165, 1.54) is 7.11 Å². The summed E-state index contributed by atoms with van der Waals surface area (Å²) in [6.45, 7) is 7.66. The van der Waals surface area contributed by atoms with Crippen molar-refractivity contribution in [3.63, 3.8) is 0 Å². The molecule has 0 saturated carbocycles. The maximum absolute atomic E-state index is 11.7. The molecule has 1 aromatic rings. The van der Waals surface area contributed by atoms with E-state index in [0.29, 0.717) is 16.9 Å². The standard InChI is InChI=1S/C15H16O3/c1-10-13(14(16)17-4)11(2)18-15(10,3)12-8-6-5-7-9-12/h5-9H,1H2,2-4H3/t15-/m1/s1. The molecule has 2 rings (SSSR count). The molecule has 1 atom stereocenters. The van der Waals surface area contributed by atoms with E-state index in [0.717, 1.165) is 5.56 Å². The Labute approximate surface area is 107 Å². The molecule has 1 aliphatic rings. The van der Waals surface area contributed by atoms with Crippen LogP contribution in [-0.2, 0) is 19.9 Å². The smallest absolute Gasteiger partial charge is 0.341 e. The Hall–Kier alpha value is -2.03. The topological polar surface area (TPSA) is 35.5 Å². The van der Waals surface area contributed by atoms with Crippen molar-refractivity contribution in [1.82, 2.24) is 0 Å². The van der Waals surface area contributed by atoms with Gasteiger partial charge in [0, 0.05) is 5.57 Å². The Morgan fingerprint density at radius 3 is 2.50 bits per heavy atom. The lowest BCUT2D eigenvalue weighted by Crippen LogP contribution is -2.24. The molecule has 94 valence electrons. The fourth-order valence-corrected chi connectivity index (χ4v) is 2.23. The Bertz CT molecular complexity index is 528. The van der Waals surface area contributed by atoms with E-state index in [-0.39, 0.29) is 0 Å². The van der Waals surface area contributed by atoms with Crippen molar-refractivity contribution >= 4 is 5.97 Å². The molecule has 0 aromatic heterocycles. The number of carbonyl (C=O) groups excluding carboxylic acids is 1. The second-order valence-corrected chi connectivity index (χ2v) is 4.40. The fraction of sp³-hybridized carbons (Fsp3) is 0.267. The highest BCUT2D eigenvalue weighted by atomic mass is 16.5. The van der Waals surface area contributed by atoms with Crippen LogP contribution in [0, 0.1) is 0 Å². The van der Waals surface area contributed by atoms with E-state index in [1.54, 1.807) is 6.92 Å². The van der Waals surface area contributed by atoms with Gasteiger partial charge >= 0.3 is 5.97 Å². The van der Waals surface area contributed by atoms with Gasteiger partial charge in [0.25, 0.3) is 0 Å². The summed E-state index contributed by atoms with van der Waals surface area (Å²) in [5.74, 6) is 0.148. The molecule has 3 heteroatoms. The van der Waals surface area contributed by atoms with Crippen LogP contribution in [0.2, 0.25) is 0 Å². The number of hydrogen-bond donors (Lipinski definition) is 0. The third kappa shape index (κ3) is 1.72. The molecule has 18 heavy (non-hydrogen) atoms. The van der Waals surface area contributed by atoms with Crippen molar-refractivity contribution in [3.05, 3.63) is 59.4 Å². The quantitative estimate of drug-likeness (QED) is 0.750. The molecule has 0 amide bonds. The van der Waals surface area contributed by atoms with Gasteiger partial charge in [0.2, 0.25) is 0 Å². The SMILES string of the molecule is C=C1C(C(=O)OC)=C(C)O[C@@]1(C)c1ccccc1. The van der Waals surface area contributed by atoms with E-state index in [9.17, 15) is 4.79 Å². The zero-order valence-electron chi connectivity index (χ0n) is 10.8. The van der Waals surface area contributed by atoms with Crippen molar-refractivity contribution in [2.24, 2.45) is 0 Å². The average Bonchev–Trinajstić information content (AvgIpc) is 2.61. The molecule has 1 heterocycles. The second-order valence-electron chi connectivity index (χ2n) is 4.40. The number of methoxy groups -OCH3 is 1. The van der Waals surface area contributed by atoms with Gasteiger partial charge in [-0.25, -0.2) is 4.79 Å². The molecule has 0 saturated heterocycles. The Morgan fingerprint density at radius 1 is 1.33 bits per heavy atom. The van der Waals surface area contributed by atoms with E-state index < -0.39 is 11.6 Å². The first-order chi connectivity index (χ1) is 8.50. The van der Waals surface area contributed by atoms with E-state index in [2.05, 4.69) is 6.58 Å². The predicted molar refractivity (Wildman–Crippen MR) is 68.7 cm³/mol. The average molecular weight is 244 g/mol. The number of carbonyl (C=O) groups is 1. The van der Waals surface area contributed by atoms with Gasteiger partial charge in [0.05, 0.1) is 7.11 Å². The number of allylic oxidation sites excluding steroid dienone is 1. The molecule has 0 unspecified atom stereocenters. The Balaban J connectivity index is 2.43. The third-order valence-electron chi connectivity index (χ3n) is 3.30. The lowest BCUT2D eigenvalue weighted by molar-refractivity contribution is -0.135. The molecule has 0 N–H and O–H groups in total. The van der Waals surface area contributed by atoms with Gasteiger partial charge in [-0.1, -0.05) is 36.9 Å². The van der Waals surface area contributed by atoms with Crippen LogP contribution >= 0.6 is 0 Å². The van der Waals surface area contributed by atoms with Crippen molar-refractivity contribution in [1.29, 1.82) is 0 Å². The maximum Gasteiger partial charge on any atom is 0.341 e. The largest absolute Gasteiger partial charge is 0.482 e. The molecular formula is C15H16O3. The molecule has 0 radical (unpaired) electrons. The highest BCUT2D eigenvalue weighted by molar-refractivity contribution is 5.95. The van der Waals surface area contributed by atoms with Crippen molar-refractivity contribution < 1.29 is 14.3 Å². The molecule has 0 aliphatic carbocycles. The predicted octanol–water partition coefficient (Wildman–Crippen LogP) is 2.94. The van der Waals surface area contributed by atoms with E-state index in [4.69, 9.17) is 9.47 Å². The number of esters is 1. The molecule has 1 aliphatic heterocycles. The van der Waals surface area contributed by atoms with E-state index >= 15 is 0 Å². The van der Waals surface area contributed by atoms with Gasteiger partial charge in [-0.15, -0.1) is 0 Å². The number of ether oxygens (including phenoxy) is 2. The second kappa shape index (κ2) is 4.33. The number of hydrogen-bond acceptors (Lipinski definition) is 3. The molecule has 0 spiro atoms. The van der Waals surface area contributed by atoms with Crippen molar-refractivity contribution in [2.75, 3.05) is 7.11 Å². The van der Waals surface area contributed by atoms with Crippen LogP contribution in [0.15, 0.2) is 53.8 Å². The summed E-state index contributed by atoms with van der Waals surface area (Å²) in [5, 5.41) is 0. The summed E-state index contributed by atoms with van der Waals surface area (Å²) in [6, 6.07) is 9.72. The molecule has 3 nitrogen and oxygen atoms in total. The lowest BCUT2D eigenvalue weighted by atomic mass is 9.86. The van der Waals surface area contributed by atoms with Crippen LogP contribution < -0.4 is 0 Å². The van der Waals surface area contributed by atoms with Crippen LogP contribution in [0.5, 0.6) is 0 Å². The van der Waals surface area contributed by atoms with Crippen LogP contribution in [0.4, 0.5) is 0 Å². The first-order valence-corrected chi connectivity index (χ1v) is 5.74. The minimum absolute atomic E-state index is 0.405. The van der Waals surface area contributed by atoms with Crippen molar-refractivity contribution in [3.8, 4) is 0 Å². The maximum atomic E-state index is 11.7. The van der Waals surface area contributed by atoms with Gasteiger partial charge in [-0.3, -0.25) is 0 Å². The van der Waals surface area contributed by atoms with Gasteiger partial charge in [0.15, 0.2) is 5.60 Å². The number of rotatable bonds is 2. The normalized spacial score (nSPS) is 22.9. The highest BCUT2D eigenvalue weighted by Crippen LogP contribution is 2.45. The molecule has 0 fully saturated rings. The summed E-state index contributed by atoms with van der Waals surface area (Å²) in [5.41, 5.74) is 1.34. The Morgan fingerprint density at radius 2 is 1.94 bits per heavy atom. The zero-order chi connectivity index (χ0) is 13.3. The van der Waals surface area contributed by atoms with Crippen LogP contribution in [-0.4, -0.2) is 13.1 Å². The fourth-order valence-electron chi connectivity index (χ4n) is 2.23. The number of benzene rings is 1.